The summed E-state index contributed by atoms with van der Waals surface area (Å²) in [6, 6.07) is 5.95. The summed E-state index contributed by atoms with van der Waals surface area (Å²) in [4.78, 5) is 11.5. The molecule has 0 aliphatic carbocycles. The molecule has 8 heteroatoms. The number of rotatable bonds is 9. The van der Waals surface area contributed by atoms with E-state index in [0.717, 1.165) is 19.3 Å². The Kier molecular flexibility index (Phi) is 6.99. The van der Waals surface area contributed by atoms with Crippen molar-refractivity contribution in [3.63, 3.8) is 0 Å². The summed E-state index contributed by atoms with van der Waals surface area (Å²) >= 11 is 0. The number of hydrogen-bond acceptors (Lipinski definition) is 5. The lowest BCUT2D eigenvalue weighted by molar-refractivity contribution is -0.134. The first-order valence-corrected chi connectivity index (χ1v) is 8.92. The van der Waals surface area contributed by atoms with Gasteiger partial charge in [0.15, 0.2) is 0 Å². The van der Waals surface area contributed by atoms with Gasteiger partial charge in [-0.2, -0.15) is 4.72 Å². The first-order valence-electron chi connectivity index (χ1n) is 7.44. The quantitative estimate of drug-likeness (QED) is 0.360. The number of nitrogens with one attached hydrogen (secondary N) is 2. The first-order chi connectivity index (χ1) is 10.7. The van der Waals surface area contributed by atoms with Crippen LogP contribution in [0.25, 0.3) is 0 Å². The average Bonchev–Trinajstić information content (AvgIpc) is 2.50. The molecule has 0 aliphatic rings. The summed E-state index contributed by atoms with van der Waals surface area (Å²) in [5.74, 6) is -0.260. The Morgan fingerprint density at radius 1 is 1.22 bits per heavy atom. The number of carbonyl (C=O) groups is 1. The molecule has 0 bridgehead atoms. The zero-order valence-corrected chi connectivity index (χ0v) is 14.4. The van der Waals surface area contributed by atoms with Crippen LogP contribution in [-0.2, 0) is 14.8 Å². The largest absolute Gasteiger partial charge is 0.494 e. The molecule has 0 fully saturated rings. The molecular weight excluding hydrogens is 320 g/mol. The average molecular weight is 344 g/mol. The molecule has 3 N–H and O–H groups in total. The number of hydroxylamine groups is 1. The van der Waals surface area contributed by atoms with E-state index >= 15 is 0 Å². The molecule has 0 aromatic heterocycles. The van der Waals surface area contributed by atoms with Gasteiger partial charge in [-0.1, -0.05) is 19.8 Å². The van der Waals surface area contributed by atoms with Crippen LogP contribution in [0.15, 0.2) is 29.2 Å². The Morgan fingerprint density at radius 3 is 2.35 bits per heavy atom. The van der Waals surface area contributed by atoms with Gasteiger partial charge in [-0.05, 0) is 44.5 Å². The fourth-order valence-corrected chi connectivity index (χ4v) is 3.21. The van der Waals surface area contributed by atoms with Crippen LogP contribution in [0.1, 0.15) is 40.0 Å². The highest BCUT2D eigenvalue weighted by Crippen LogP contribution is 2.18. The third-order valence-corrected chi connectivity index (χ3v) is 4.88. The van der Waals surface area contributed by atoms with Gasteiger partial charge in [0.25, 0.3) is 5.91 Å². The van der Waals surface area contributed by atoms with Crippen molar-refractivity contribution in [2.75, 3.05) is 6.61 Å². The van der Waals surface area contributed by atoms with Crippen LogP contribution in [0.2, 0.25) is 0 Å². The molecule has 0 spiro atoms. The fourth-order valence-electron chi connectivity index (χ4n) is 1.84. The molecule has 0 heterocycles. The van der Waals surface area contributed by atoms with Crippen molar-refractivity contribution in [1.82, 2.24) is 10.2 Å². The maximum atomic E-state index is 12.3. The van der Waals surface area contributed by atoms with Crippen LogP contribution in [0, 0.1) is 0 Å². The topological polar surface area (TPSA) is 105 Å². The summed E-state index contributed by atoms with van der Waals surface area (Å²) in [5.41, 5.74) is -0.0473. The molecule has 130 valence electrons. The Labute approximate surface area is 137 Å². The Bertz CT molecular complexity index is 611. The van der Waals surface area contributed by atoms with Crippen LogP contribution < -0.4 is 14.9 Å². The van der Waals surface area contributed by atoms with Crippen LogP contribution in [0.4, 0.5) is 0 Å². The van der Waals surface area contributed by atoms with E-state index in [4.69, 9.17) is 9.94 Å². The summed E-state index contributed by atoms with van der Waals surface area (Å²) in [5, 5.41) is 8.64. The molecule has 1 rings (SSSR count). The van der Waals surface area contributed by atoms with Crippen molar-refractivity contribution in [2.45, 2.75) is 50.5 Å². The summed E-state index contributed by atoms with van der Waals surface area (Å²) in [7, 11) is -3.90. The minimum atomic E-state index is -3.90. The SMILES string of the molecule is CCCCCOc1ccc(S(=O)(=O)NC(C)(C)C(=O)NO)cc1. The zero-order chi connectivity index (χ0) is 17.5. The molecule has 1 amide bonds. The van der Waals surface area contributed by atoms with E-state index in [9.17, 15) is 13.2 Å². The normalized spacial score (nSPS) is 12.0. The molecular formula is C15H24N2O5S. The molecule has 7 nitrogen and oxygen atoms in total. The maximum absolute atomic E-state index is 12.3. The van der Waals surface area contributed by atoms with Crippen molar-refractivity contribution in [1.29, 1.82) is 0 Å². The van der Waals surface area contributed by atoms with Crippen LogP contribution in [-0.4, -0.2) is 31.7 Å². The molecule has 1 aromatic rings. The van der Waals surface area contributed by atoms with Crippen molar-refractivity contribution in [3.8, 4) is 5.75 Å². The van der Waals surface area contributed by atoms with E-state index in [1.807, 2.05) is 0 Å². The highest BCUT2D eigenvalue weighted by molar-refractivity contribution is 7.89. The third-order valence-electron chi connectivity index (χ3n) is 3.21. The van der Waals surface area contributed by atoms with Gasteiger partial charge in [0, 0.05) is 0 Å². The maximum Gasteiger partial charge on any atom is 0.264 e. The molecule has 23 heavy (non-hydrogen) atoms. The van der Waals surface area contributed by atoms with E-state index in [1.54, 1.807) is 12.1 Å². The molecule has 0 saturated heterocycles. The molecule has 0 unspecified atom stereocenters. The van der Waals surface area contributed by atoms with Gasteiger partial charge in [0.2, 0.25) is 10.0 Å². The summed E-state index contributed by atoms with van der Waals surface area (Å²) in [6.07, 6.45) is 3.13. The fraction of sp³-hybridized carbons (Fsp3) is 0.533. The monoisotopic (exact) mass is 344 g/mol. The predicted molar refractivity (Wildman–Crippen MR) is 85.8 cm³/mol. The Hall–Kier alpha value is -1.64. The number of unbranched alkanes of at least 4 members (excludes halogenated alkanes) is 2. The van der Waals surface area contributed by atoms with Crippen LogP contribution in [0.3, 0.4) is 0 Å². The van der Waals surface area contributed by atoms with Crippen molar-refractivity contribution in [3.05, 3.63) is 24.3 Å². The standard InChI is InChI=1S/C15H24N2O5S/c1-4-5-6-11-22-12-7-9-13(10-8-12)23(20,21)17-15(2,3)14(18)16-19/h7-10,17,19H,4-6,11H2,1-3H3,(H,16,18). The van der Waals surface area contributed by atoms with E-state index in [1.165, 1.54) is 31.5 Å². The number of carbonyl (C=O) groups excluding carboxylic acids is 1. The number of ether oxygens (including phenoxy) is 1. The van der Waals surface area contributed by atoms with Crippen molar-refractivity contribution < 1.29 is 23.2 Å². The van der Waals surface area contributed by atoms with Crippen molar-refractivity contribution in [2.24, 2.45) is 0 Å². The molecule has 1 aromatic carbocycles. The van der Waals surface area contributed by atoms with Crippen LogP contribution >= 0.6 is 0 Å². The second kappa shape index (κ2) is 8.28. The lowest BCUT2D eigenvalue weighted by atomic mass is 10.1. The first kappa shape index (κ1) is 19.4. The Balaban J connectivity index is 2.76. The highest BCUT2D eigenvalue weighted by Gasteiger charge is 2.33. The number of benzene rings is 1. The van der Waals surface area contributed by atoms with E-state index in [2.05, 4.69) is 11.6 Å². The van der Waals surface area contributed by atoms with Gasteiger partial charge in [0.05, 0.1) is 11.5 Å². The second-order valence-corrected chi connectivity index (χ2v) is 7.38. The van der Waals surface area contributed by atoms with Gasteiger partial charge in [0.1, 0.15) is 11.3 Å². The van der Waals surface area contributed by atoms with Gasteiger partial charge in [-0.15, -0.1) is 0 Å². The summed E-state index contributed by atoms with van der Waals surface area (Å²) < 4.78 is 32.3. The van der Waals surface area contributed by atoms with E-state index < -0.39 is 21.5 Å². The lowest BCUT2D eigenvalue weighted by Crippen LogP contribution is -2.53. The third kappa shape index (κ3) is 5.81. The minimum Gasteiger partial charge on any atom is -0.494 e. The molecule has 0 atom stereocenters. The predicted octanol–water partition coefficient (Wildman–Crippen LogP) is 1.82. The van der Waals surface area contributed by atoms with Crippen LogP contribution in [0.5, 0.6) is 5.75 Å². The van der Waals surface area contributed by atoms with Gasteiger partial charge >= 0.3 is 0 Å². The van der Waals surface area contributed by atoms with E-state index in [0.29, 0.717) is 12.4 Å². The second-order valence-electron chi connectivity index (χ2n) is 5.70. The molecule has 0 aliphatic heterocycles. The number of sulfonamides is 1. The minimum absolute atomic E-state index is 0.0113. The molecule has 0 saturated carbocycles. The van der Waals surface area contributed by atoms with Crippen molar-refractivity contribution >= 4 is 15.9 Å². The zero-order valence-electron chi connectivity index (χ0n) is 13.6. The smallest absolute Gasteiger partial charge is 0.264 e. The summed E-state index contributed by atoms with van der Waals surface area (Å²) in [6.45, 7) is 5.38. The number of hydrogen-bond donors (Lipinski definition) is 3. The highest BCUT2D eigenvalue weighted by atomic mass is 32.2. The Morgan fingerprint density at radius 2 is 1.83 bits per heavy atom. The molecule has 0 radical (unpaired) electrons. The van der Waals surface area contributed by atoms with Gasteiger partial charge in [-0.3, -0.25) is 10.0 Å². The van der Waals surface area contributed by atoms with Gasteiger partial charge in [-0.25, -0.2) is 13.9 Å². The lowest BCUT2D eigenvalue weighted by Gasteiger charge is -2.23. The van der Waals surface area contributed by atoms with E-state index in [-0.39, 0.29) is 4.90 Å². The number of amides is 1. The van der Waals surface area contributed by atoms with Gasteiger partial charge < -0.3 is 4.74 Å².